The van der Waals surface area contributed by atoms with Crippen LogP contribution in [0, 0.1) is 0 Å². The van der Waals surface area contributed by atoms with Crippen molar-refractivity contribution in [2.45, 2.75) is 26.7 Å². The normalized spacial score (nSPS) is 11.2. The van der Waals surface area contributed by atoms with E-state index in [1.54, 1.807) is 12.2 Å². The molecule has 0 saturated heterocycles. The molecule has 0 aliphatic carbocycles. The number of aliphatic hydroxyl groups excluding tert-OH is 1. The zero-order valence-electron chi connectivity index (χ0n) is 8.23. The summed E-state index contributed by atoms with van der Waals surface area (Å²) in [5, 5.41) is 8.41. The second-order valence-electron chi connectivity index (χ2n) is 2.75. The molecule has 0 rings (SSSR count). The molecule has 0 saturated carbocycles. The zero-order valence-corrected chi connectivity index (χ0v) is 9.05. The summed E-state index contributed by atoms with van der Waals surface area (Å²) in [7, 11) is 0. The van der Waals surface area contributed by atoms with Gasteiger partial charge in [-0.1, -0.05) is 25.6 Å². The van der Waals surface area contributed by atoms with Gasteiger partial charge in [0.1, 0.15) is 0 Å². The topological polar surface area (TPSA) is 23.5 Å². The van der Waals surface area contributed by atoms with Crippen LogP contribution in [0.4, 0.5) is 0 Å². The molecule has 0 aliphatic heterocycles. The first-order valence-electron chi connectivity index (χ1n) is 4.47. The first-order chi connectivity index (χ1) is 6.22. The predicted octanol–water partition coefficient (Wildman–Crippen LogP) is 3.02. The van der Waals surface area contributed by atoms with Gasteiger partial charge >= 0.3 is 0 Å². The average Bonchev–Trinajstić information content (AvgIpc) is 2.10. The van der Waals surface area contributed by atoms with Crippen molar-refractivity contribution in [1.82, 2.24) is 4.90 Å². The third-order valence-electron chi connectivity index (χ3n) is 1.62. The van der Waals surface area contributed by atoms with Crippen molar-refractivity contribution in [3.63, 3.8) is 0 Å². The average molecular weight is 199 g/mol. The second kappa shape index (κ2) is 7.80. The number of nitrogens with zero attached hydrogens (tertiary/aromatic N) is 1. The lowest BCUT2D eigenvalue weighted by atomic mass is 10.3. The minimum atomic E-state index is 0.857. The quantitative estimate of drug-likeness (QED) is 0.418. The first-order valence-corrected chi connectivity index (χ1v) is 4.88. The summed E-state index contributed by atoms with van der Waals surface area (Å²) in [6.45, 7) is 4.99. The van der Waals surface area contributed by atoms with Gasteiger partial charge in [-0.05, 0) is 25.5 Å². The van der Waals surface area contributed by atoms with E-state index in [4.69, 9.17) is 17.3 Å². The van der Waals surface area contributed by atoms with Gasteiger partial charge in [-0.2, -0.15) is 0 Å². The summed E-state index contributed by atoms with van der Waals surface area (Å²) >= 11 is 5.07. The van der Waals surface area contributed by atoms with E-state index in [-0.39, 0.29) is 0 Å². The maximum atomic E-state index is 8.41. The van der Waals surface area contributed by atoms with Crippen LogP contribution < -0.4 is 0 Å². The summed E-state index contributed by atoms with van der Waals surface area (Å²) < 4.78 is 0. The molecule has 0 bridgehead atoms. The van der Waals surface area contributed by atoms with E-state index in [0.717, 1.165) is 30.6 Å². The Hall–Kier alpha value is -0.830. The molecular formula is C10H17NOS. The molecule has 0 aliphatic rings. The van der Waals surface area contributed by atoms with Gasteiger partial charge in [0.05, 0.1) is 11.3 Å². The SMILES string of the molecule is CCCCN(/C=C\C=C\O)C(C)=S. The van der Waals surface area contributed by atoms with E-state index in [1.165, 1.54) is 0 Å². The van der Waals surface area contributed by atoms with Gasteiger partial charge in [-0.25, -0.2) is 0 Å². The monoisotopic (exact) mass is 199 g/mol. The van der Waals surface area contributed by atoms with E-state index in [0.29, 0.717) is 0 Å². The van der Waals surface area contributed by atoms with Gasteiger partial charge in [0.25, 0.3) is 0 Å². The van der Waals surface area contributed by atoms with Gasteiger partial charge in [0.15, 0.2) is 0 Å². The Morgan fingerprint density at radius 1 is 1.46 bits per heavy atom. The van der Waals surface area contributed by atoms with Crippen LogP contribution in [0.15, 0.2) is 24.6 Å². The number of rotatable bonds is 5. The molecule has 0 aromatic carbocycles. The molecule has 74 valence electrons. The summed E-state index contributed by atoms with van der Waals surface area (Å²) in [6.07, 6.45) is 8.50. The Balaban J connectivity index is 4.01. The molecule has 0 unspecified atom stereocenters. The van der Waals surface area contributed by atoms with E-state index in [9.17, 15) is 0 Å². The second-order valence-corrected chi connectivity index (χ2v) is 3.34. The first kappa shape index (κ1) is 12.2. The Labute approximate surface area is 85.6 Å². The molecule has 3 heteroatoms. The highest BCUT2D eigenvalue weighted by molar-refractivity contribution is 7.80. The predicted molar refractivity (Wildman–Crippen MR) is 60.8 cm³/mol. The van der Waals surface area contributed by atoms with Crippen molar-refractivity contribution in [2.24, 2.45) is 0 Å². The van der Waals surface area contributed by atoms with Crippen molar-refractivity contribution >= 4 is 17.2 Å². The van der Waals surface area contributed by atoms with Crippen molar-refractivity contribution in [2.75, 3.05) is 6.54 Å². The Bertz CT molecular complexity index is 199. The molecule has 2 nitrogen and oxygen atoms in total. The lowest BCUT2D eigenvalue weighted by Gasteiger charge is -2.17. The summed E-state index contributed by atoms with van der Waals surface area (Å²) in [5.74, 6) is 0. The molecule has 0 aromatic heterocycles. The van der Waals surface area contributed by atoms with Crippen LogP contribution in [0.2, 0.25) is 0 Å². The van der Waals surface area contributed by atoms with E-state index in [2.05, 4.69) is 6.92 Å². The molecular weight excluding hydrogens is 182 g/mol. The summed E-state index contributed by atoms with van der Waals surface area (Å²) in [6, 6.07) is 0. The Morgan fingerprint density at radius 3 is 2.62 bits per heavy atom. The van der Waals surface area contributed by atoms with Crippen LogP contribution in [-0.2, 0) is 0 Å². The minimum Gasteiger partial charge on any atom is -0.516 e. The van der Waals surface area contributed by atoms with E-state index < -0.39 is 0 Å². The molecule has 0 heterocycles. The maximum absolute atomic E-state index is 8.41. The van der Waals surface area contributed by atoms with Crippen molar-refractivity contribution in [3.8, 4) is 0 Å². The van der Waals surface area contributed by atoms with Gasteiger partial charge in [-0.3, -0.25) is 0 Å². The van der Waals surface area contributed by atoms with Crippen molar-refractivity contribution in [3.05, 3.63) is 24.6 Å². The van der Waals surface area contributed by atoms with Gasteiger partial charge in [-0.15, -0.1) is 0 Å². The number of unbranched alkanes of at least 4 members (excludes halogenated alkanes) is 1. The molecule has 0 atom stereocenters. The van der Waals surface area contributed by atoms with Gasteiger partial charge in [0.2, 0.25) is 0 Å². The van der Waals surface area contributed by atoms with Crippen LogP contribution in [-0.4, -0.2) is 21.5 Å². The van der Waals surface area contributed by atoms with Crippen molar-refractivity contribution < 1.29 is 5.11 Å². The van der Waals surface area contributed by atoms with Crippen LogP contribution in [0.25, 0.3) is 0 Å². The van der Waals surface area contributed by atoms with Crippen LogP contribution in [0.1, 0.15) is 26.7 Å². The molecule has 0 radical (unpaired) electrons. The lowest BCUT2D eigenvalue weighted by molar-refractivity contribution is 0.473. The number of allylic oxidation sites excluding steroid dienone is 2. The van der Waals surface area contributed by atoms with Crippen molar-refractivity contribution in [1.29, 1.82) is 0 Å². The highest BCUT2D eigenvalue weighted by Gasteiger charge is 1.98. The minimum absolute atomic E-state index is 0.857. The molecule has 0 aromatic rings. The molecule has 0 amide bonds. The zero-order chi connectivity index (χ0) is 10.1. The fraction of sp³-hybridized carbons (Fsp3) is 0.500. The number of aliphatic hydroxyl groups is 1. The number of hydrogen-bond donors (Lipinski definition) is 1. The van der Waals surface area contributed by atoms with Crippen LogP contribution >= 0.6 is 12.2 Å². The largest absolute Gasteiger partial charge is 0.516 e. The third kappa shape index (κ3) is 6.34. The van der Waals surface area contributed by atoms with Crippen LogP contribution in [0.5, 0.6) is 0 Å². The Kier molecular flexibility index (Phi) is 7.30. The molecule has 0 spiro atoms. The fourth-order valence-corrected chi connectivity index (χ4v) is 1.02. The molecule has 0 fully saturated rings. The highest BCUT2D eigenvalue weighted by Crippen LogP contribution is 1.98. The van der Waals surface area contributed by atoms with E-state index >= 15 is 0 Å². The highest BCUT2D eigenvalue weighted by atomic mass is 32.1. The molecule has 13 heavy (non-hydrogen) atoms. The smallest absolute Gasteiger partial charge is 0.0792 e. The lowest BCUT2D eigenvalue weighted by Crippen LogP contribution is -2.22. The summed E-state index contributed by atoms with van der Waals surface area (Å²) in [4.78, 5) is 2.86. The number of thiocarbonyl (C=S) groups is 1. The maximum Gasteiger partial charge on any atom is 0.0792 e. The fourth-order valence-electron chi connectivity index (χ4n) is 0.869. The standard InChI is InChI=1S/C10H17NOS/c1-3-4-7-11(10(2)13)8-5-6-9-12/h5-6,8-9,12H,3-4,7H2,1-2H3/b8-5-,9-6+. The van der Waals surface area contributed by atoms with Gasteiger partial charge in [0, 0.05) is 12.7 Å². The molecule has 1 N–H and O–H groups in total. The Morgan fingerprint density at radius 2 is 2.15 bits per heavy atom. The third-order valence-corrected chi connectivity index (χ3v) is 1.85. The summed E-state index contributed by atoms with van der Waals surface area (Å²) in [5.41, 5.74) is 0. The van der Waals surface area contributed by atoms with Gasteiger partial charge < -0.3 is 10.0 Å². The van der Waals surface area contributed by atoms with E-state index in [1.807, 2.05) is 18.0 Å². The van der Waals surface area contributed by atoms with Crippen LogP contribution in [0.3, 0.4) is 0 Å². The number of hydrogen-bond acceptors (Lipinski definition) is 2.